The van der Waals surface area contributed by atoms with Gasteiger partial charge in [0, 0.05) is 22.7 Å². The molecule has 3 saturated carbocycles. The molecule has 0 spiro atoms. The Morgan fingerprint density at radius 3 is 2.54 bits per heavy atom. The maximum Gasteiger partial charge on any atom is 0.169 e. The van der Waals surface area contributed by atoms with E-state index in [9.17, 15) is 9.90 Å². The molecule has 4 heteroatoms. The molecule has 0 aliphatic heterocycles. The van der Waals surface area contributed by atoms with Crippen molar-refractivity contribution >= 4 is 21.7 Å². The summed E-state index contributed by atoms with van der Waals surface area (Å²) in [7, 11) is 0. The summed E-state index contributed by atoms with van der Waals surface area (Å²) in [4.78, 5) is 13.0. The highest BCUT2D eigenvalue weighted by molar-refractivity contribution is 9.10. The van der Waals surface area contributed by atoms with Crippen molar-refractivity contribution < 1.29 is 14.6 Å². The van der Waals surface area contributed by atoms with E-state index in [1.807, 2.05) is 37.3 Å². The van der Waals surface area contributed by atoms with Gasteiger partial charge in [-0.25, -0.2) is 0 Å². The Hall–Kier alpha value is -1.23. The highest BCUT2D eigenvalue weighted by Gasteiger charge is 2.65. The van der Waals surface area contributed by atoms with E-state index in [0.717, 1.165) is 48.6 Å². The van der Waals surface area contributed by atoms with Crippen LogP contribution in [-0.2, 0) is 16.1 Å². The number of hydrogen-bond donors (Lipinski definition) is 1. The fourth-order valence-electron chi connectivity index (χ4n) is 8.98. The minimum absolute atomic E-state index is 0.0685. The summed E-state index contributed by atoms with van der Waals surface area (Å²) in [6.07, 6.45) is 13.0. The van der Waals surface area contributed by atoms with Gasteiger partial charge >= 0.3 is 0 Å². The molecule has 0 amide bonds. The van der Waals surface area contributed by atoms with Crippen molar-refractivity contribution in [2.24, 2.45) is 34.0 Å². The molecular formula is C31H41BrO3. The first kappa shape index (κ1) is 25.4. The van der Waals surface area contributed by atoms with Gasteiger partial charge in [-0.3, -0.25) is 4.79 Å². The molecular weight excluding hydrogens is 500 g/mol. The predicted octanol–water partition coefficient (Wildman–Crippen LogP) is 7.77. The number of halogens is 1. The van der Waals surface area contributed by atoms with E-state index in [1.54, 1.807) is 0 Å². The number of ether oxygens (including phenoxy) is 1. The van der Waals surface area contributed by atoms with Gasteiger partial charge in [0.1, 0.15) is 5.78 Å². The first-order valence-electron chi connectivity index (χ1n) is 13.5. The van der Waals surface area contributed by atoms with Crippen molar-refractivity contribution in [2.75, 3.05) is 0 Å². The Labute approximate surface area is 219 Å². The van der Waals surface area contributed by atoms with Gasteiger partial charge in [-0.2, -0.15) is 0 Å². The van der Waals surface area contributed by atoms with E-state index in [0.29, 0.717) is 43.0 Å². The number of allylic oxidation sites excluding steroid dienone is 2. The van der Waals surface area contributed by atoms with E-state index >= 15 is 0 Å². The molecule has 1 N–H and O–H groups in total. The fourth-order valence-corrected chi connectivity index (χ4v) is 9.24. The third kappa shape index (κ3) is 3.94. The molecule has 0 radical (unpaired) electrons. The van der Waals surface area contributed by atoms with Gasteiger partial charge in [-0.1, -0.05) is 59.6 Å². The summed E-state index contributed by atoms with van der Waals surface area (Å²) in [5, 5.41) is 11.4. The van der Waals surface area contributed by atoms with E-state index in [-0.39, 0.29) is 16.2 Å². The lowest BCUT2D eigenvalue weighted by Gasteiger charge is -2.60. The number of hydrogen-bond acceptors (Lipinski definition) is 3. The molecule has 3 nitrogen and oxygen atoms in total. The summed E-state index contributed by atoms with van der Waals surface area (Å²) in [5.41, 5.74) is 2.43. The van der Waals surface area contributed by atoms with Gasteiger partial charge in [0.05, 0.1) is 6.61 Å². The number of fused-ring (bicyclic) bond motifs is 5. The molecule has 5 rings (SSSR count). The van der Waals surface area contributed by atoms with E-state index in [4.69, 9.17) is 4.74 Å². The van der Waals surface area contributed by atoms with Crippen LogP contribution in [0, 0.1) is 34.0 Å². The zero-order valence-electron chi connectivity index (χ0n) is 21.6. The number of ketones is 1. The number of rotatable bonds is 6. The van der Waals surface area contributed by atoms with Gasteiger partial charge in [0.25, 0.3) is 0 Å². The van der Waals surface area contributed by atoms with Crippen LogP contribution in [0.4, 0.5) is 0 Å². The monoisotopic (exact) mass is 540 g/mol. The molecule has 35 heavy (non-hydrogen) atoms. The lowest BCUT2D eigenvalue weighted by atomic mass is 9.45. The Bertz CT molecular complexity index is 1030. The molecule has 0 heterocycles. The number of benzene rings is 1. The van der Waals surface area contributed by atoms with Crippen LogP contribution in [-0.4, -0.2) is 16.7 Å². The van der Waals surface area contributed by atoms with Crippen molar-refractivity contribution in [3.8, 4) is 0 Å². The zero-order chi connectivity index (χ0) is 25.1. The third-order valence-electron chi connectivity index (χ3n) is 11.1. The van der Waals surface area contributed by atoms with Crippen molar-refractivity contribution in [3.05, 3.63) is 58.6 Å². The summed E-state index contributed by atoms with van der Waals surface area (Å²) in [6.45, 7) is 11.1. The molecule has 0 aromatic heterocycles. The number of carbonyl (C=O) groups excluding carboxylic acids is 1. The second kappa shape index (κ2) is 8.96. The Balaban J connectivity index is 1.35. The SMILES string of the molecule is C=CC[C@]1(C(C)=O)CC[C@H]2[C@@H]3CC=C4CC(O)(OCc5ccc(Br)cc5)CC[C@]4(C)[C@H]3CC[C@@]21C. The largest absolute Gasteiger partial charge is 0.365 e. The first-order valence-corrected chi connectivity index (χ1v) is 14.3. The quantitative estimate of drug-likeness (QED) is 0.296. The van der Waals surface area contributed by atoms with E-state index in [1.165, 1.54) is 12.0 Å². The van der Waals surface area contributed by atoms with E-state index in [2.05, 4.69) is 42.4 Å². The van der Waals surface area contributed by atoms with Crippen LogP contribution in [0.2, 0.25) is 0 Å². The molecule has 4 aliphatic rings. The molecule has 3 fully saturated rings. The minimum atomic E-state index is -1.09. The number of carbonyl (C=O) groups is 1. The molecule has 0 saturated heterocycles. The van der Waals surface area contributed by atoms with Gasteiger partial charge in [0.15, 0.2) is 5.79 Å². The summed E-state index contributed by atoms with van der Waals surface area (Å²) >= 11 is 3.48. The molecule has 7 atom stereocenters. The summed E-state index contributed by atoms with van der Waals surface area (Å²) in [6, 6.07) is 8.11. The van der Waals surface area contributed by atoms with Crippen LogP contribution in [0.3, 0.4) is 0 Å². The minimum Gasteiger partial charge on any atom is -0.365 e. The standard InChI is InChI=1S/C31H41BrO3/c1-5-14-30(21(2)33)16-13-27-25-11-8-23-19-31(34,35-20-22-6-9-24(32)10-7-22)18-17-28(23,3)26(25)12-15-29(27,30)4/h5-10,25-27,34H,1,11-20H2,2-4H3/t25-,26+,27+,28+,29+,30-,31?/m1/s1. The average molecular weight is 542 g/mol. The number of Topliss-reactive ketones (excluding diaryl/α,β-unsaturated/α-hetero) is 1. The lowest BCUT2D eigenvalue weighted by Crippen LogP contribution is -2.55. The third-order valence-corrected chi connectivity index (χ3v) is 11.6. The molecule has 1 unspecified atom stereocenters. The second-order valence-corrected chi connectivity index (χ2v) is 13.3. The van der Waals surface area contributed by atoms with Crippen molar-refractivity contribution in [2.45, 2.75) is 91.0 Å². The van der Waals surface area contributed by atoms with Crippen molar-refractivity contribution in [3.63, 3.8) is 0 Å². The normalized spacial score (nSPS) is 42.4. The van der Waals surface area contributed by atoms with Crippen LogP contribution in [0.5, 0.6) is 0 Å². The zero-order valence-corrected chi connectivity index (χ0v) is 23.2. The number of aliphatic hydroxyl groups is 1. The van der Waals surface area contributed by atoms with Gasteiger partial charge in [-0.05, 0) is 98.1 Å². The summed E-state index contributed by atoms with van der Waals surface area (Å²) in [5.74, 6) is 1.13. The topological polar surface area (TPSA) is 46.5 Å². The highest BCUT2D eigenvalue weighted by Crippen LogP contribution is 2.70. The van der Waals surface area contributed by atoms with Crippen LogP contribution < -0.4 is 0 Å². The predicted molar refractivity (Wildman–Crippen MR) is 144 cm³/mol. The molecule has 0 bridgehead atoms. The van der Waals surface area contributed by atoms with Gasteiger partial charge < -0.3 is 9.84 Å². The molecule has 1 aromatic carbocycles. The second-order valence-electron chi connectivity index (χ2n) is 12.4. The van der Waals surface area contributed by atoms with Gasteiger partial charge in [0.2, 0.25) is 0 Å². The van der Waals surface area contributed by atoms with E-state index < -0.39 is 5.79 Å². The van der Waals surface area contributed by atoms with Crippen LogP contribution in [0.25, 0.3) is 0 Å². The maximum absolute atomic E-state index is 13.0. The Morgan fingerprint density at radius 2 is 1.86 bits per heavy atom. The Kier molecular flexibility index (Phi) is 6.51. The fraction of sp³-hybridized carbons (Fsp3) is 0.645. The van der Waals surface area contributed by atoms with Crippen molar-refractivity contribution in [1.29, 1.82) is 0 Å². The van der Waals surface area contributed by atoms with Crippen LogP contribution >= 0.6 is 15.9 Å². The smallest absolute Gasteiger partial charge is 0.169 e. The van der Waals surface area contributed by atoms with Crippen LogP contribution in [0.15, 0.2) is 53.0 Å². The molecule has 190 valence electrons. The molecule has 4 aliphatic carbocycles. The highest BCUT2D eigenvalue weighted by atomic mass is 79.9. The lowest BCUT2D eigenvalue weighted by molar-refractivity contribution is -0.231. The average Bonchev–Trinajstić information content (AvgIpc) is 3.13. The molecule has 1 aromatic rings. The first-order chi connectivity index (χ1) is 16.6. The summed E-state index contributed by atoms with van der Waals surface area (Å²) < 4.78 is 7.19. The Morgan fingerprint density at radius 1 is 1.14 bits per heavy atom. The maximum atomic E-state index is 13.0. The van der Waals surface area contributed by atoms with Gasteiger partial charge in [-0.15, -0.1) is 6.58 Å². The van der Waals surface area contributed by atoms with Crippen molar-refractivity contribution in [1.82, 2.24) is 0 Å². The van der Waals surface area contributed by atoms with Crippen LogP contribution in [0.1, 0.15) is 84.1 Å².